The van der Waals surface area contributed by atoms with Gasteiger partial charge in [0.15, 0.2) is 5.78 Å². The number of fused-ring (bicyclic) bond motifs is 1. The molecule has 0 saturated heterocycles. The fourth-order valence-corrected chi connectivity index (χ4v) is 3.15. The Bertz CT molecular complexity index is 286. The first kappa shape index (κ1) is 9.95. The summed E-state index contributed by atoms with van der Waals surface area (Å²) in [6, 6.07) is 0. The van der Waals surface area contributed by atoms with E-state index < -0.39 is 0 Å². The molecular formula is C13H20O. The van der Waals surface area contributed by atoms with Crippen molar-refractivity contribution in [1.82, 2.24) is 0 Å². The highest BCUT2D eigenvalue weighted by atomic mass is 16.1. The third-order valence-corrected chi connectivity index (χ3v) is 3.85. The molecule has 0 N–H and O–H groups in total. The van der Waals surface area contributed by atoms with Crippen LogP contribution < -0.4 is 0 Å². The maximum atomic E-state index is 11.8. The second kappa shape index (κ2) is 3.22. The molecule has 2 rings (SSSR count). The van der Waals surface area contributed by atoms with Crippen molar-refractivity contribution in [2.75, 3.05) is 0 Å². The third-order valence-electron chi connectivity index (χ3n) is 3.85. The van der Waals surface area contributed by atoms with Gasteiger partial charge in [0, 0.05) is 5.92 Å². The SMILES string of the molecule is CC1=CC(=O)C2CCC(C)(C)CC2C1. The summed E-state index contributed by atoms with van der Waals surface area (Å²) >= 11 is 0. The van der Waals surface area contributed by atoms with Crippen molar-refractivity contribution >= 4 is 5.78 Å². The van der Waals surface area contributed by atoms with Crippen LogP contribution in [-0.4, -0.2) is 5.78 Å². The van der Waals surface area contributed by atoms with Gasteiger partial charge in [-0.05, 0) is 50.0 Å². The summed E-state index contributed by atoms with van der Waals surface area (Å²) in [6.07, 6.45) is 6.58. The van der Waals surface area contributed by atoms with E-state index in [1.165, 1.54) is 18.4 Å². The van der Waals surface area contributed by atoms with E-state index in [9.17, 15) is 4.79 Å². The maximum absolute atomic E-state index is 11.8. The number of rotatable bonds is 0. The lowest BCUT2D eigenvalue weighted by molar-refractivity contribution is -0.122. The molecule has 1 fully saturated rings. The summed E-state index contributed by atoms with van der Waals surface area (Å²) in [4.78, 5) is 11.8. The molecule has 1 nitrogen and oxygen atoms in total. The van der Waals surface area contributed by atoms with Crippen LogP contribution in [0, 0.1) is 17.3 Å². The molecule has 1 heteroatoms. The molecule has 2 aliphatic carbocycles. The number of hydrogen-bond donors (Lipinski definition) is 0. The van der Waals surface area contributed by atoms with Crippen LogP contribution in [0.3, 0.4) is 0 Å². The minimum absolute atomic E-state index is 0.353. The van der Waals surface area contributed by atoms with E-state index in [4.69, 9.17) is 0 Å². The van der Waals surface area contributed by atoms with Crippen LogP contribution in [0.25, 0.3) is 0 Å². The summed E-state index contributed by atoms with van der Waals surface area (Å²) in [6.45, 7) is 6.76. The molecule has 2 atom stereocenters. The van der Waals surface area contributed by atoms with Crippen molar-refractivity contribution in [3.8, 4) is 0 Å². The topological polar surface area (TPSA) is 17.1 Å². The van der Waals surface area contributed by atoms with Crippen molar-refractivity contribution in [3.05, 3.63) is 11.6 Å². The van der Waals surface area contributed by atoms with Gasteiger partial charge in [0.2, 0.25) is 0 Å². The Morgan fingerprint density at radius 2 is 2.14 bits per heavy atom. The van der Waals surface area contributed by atoms with Gasteiger partial charge >= 0.3 is 0 Å². The molecule has 2 unspecified atom stereocenters. The predicted octanol–water partition coefficient (Wildman–Crippen LogP) is 3.35. The van der Waals surface area contributed by atoms with Crippen molar-refractivity contribution in [1.29, 1.82) is 0 Å². The molecule has 0 amide bonds. The molecule has 0 aliphatic heterocycles. The summed E-state index contributed by atoms with van der Waals surface area (Å²) in [5.74, 6) is 1.39. The molecule has 0 aromatic carbocycles. The largest absolute Gasteiger partial charge is 0.295 e. The summed E-state index contributed by atoms with van der Waals surface area (Å²) in [5.41, 5.74) is 1.74. The second-order valence-corrected chi connectivity index (χ2v) is 5.87. The number of allylic oxidation sites excluding steroid dienone is 2. The average molecular weight is 192 g/mol. The smallest absolute Gasteiger partial charge is 0.158 e. The Morgan fingerprint density at radius 3 is 2.86 bits per heavy atom. The molecule has 0 bridgehead atoms. The standard InChI is InChI=1S/C13H20O/c1-9-6-10-8-13(2,3)5-4-11(10)12(14)7-9/h7,10-11H,4-6,8H2,1-3H3. The maximum Gasteiger partial charge on any atom is 0.158 e. The third kappa shape index (κ3) is 1.77. The van der Waals surface area contributed by atoms with E-state index in [1.807, 2.05) is 6.08 Å². The van der Waals surface area contributed by atoms with E-state index in [0.717, 1.165) is 12.8 Å². The monoisotopic (exact) mass is 192 g/mol. The van der Waals surface area contributed by atoms with Crippen molar-refractivity contribution in [2.45, 2.75) is 46.5 Å². The fourth-order valence-electron chi connectivity index (χ4n) is 3.15. The van der Waals surface area contributed by atoms with E-state index in [0.29, 0.717) is 23.0 Å². The minimum Gasteiger partial charge on any atom is -0.295 e. The van der Waals surface area contributed by atoms with Gasteiger partial charge in [-0.3, -0.25) is 4.79 Å². The van der Waals surface area contributed by atoms with Crippen LogP contribution >= 0.6 is 0 Å². The Kier molecular flexibility index (Phi) is 2.29. The quantitative estimate of drug-likeness (QED) is 0.575. The first-order chi connectivity index (χ1) is 6.48. The molecule has 0 heterocycles. The molecule has 0 aromatic rings. The molecule has 1 saturated carbocycles. The first-order valence-electron chi connectivity index (χ1n) is 5.69. The molecule has 14 heavy (non-hydrogen) atoms. The van der Waals surface area contributed by atoms with Crippen LogP contribution in [0.1, 0.15) is 46.5 Å². The van der Waals surface area contributed by atoms with Gasteiger partial charge in [-0.2, -0.15) is 0 Å². The van der Waals surface area contributed by atoms with Crippen molar-refractivity contribution in [3.63, 3.8) is 0 Å². The second-order valence-electron chi connectivity index (χ2n) is 5.87. The normalized spacial score (nSPS) is 36.2. The minimum atomic E-state index is 0.353. The number of ketones is 1. The highest BCUT2D eigenvalue weighted by molar-refractivity contribution is 5.93. The highest BCUT2D eigenvalue weighted by Crippen LogP contribution is 2.46. The van der Waals surface area contributed by atoms with Gasteiger partial charge in [0.05, 0.1) is 0 Å². The van der Waals surface area contributed by atoms with Gasteiger partial charge in [-0.1, -0.05) is 19.4 Å². The van der Waals surface area contributed by atoms with E-state index in [1.54, 1.807) is 0 Å². The van der Waals surface area contributed by atoms with Crippen LogP contribution in [0.4, 0.5) is 0 Å². The Hall–Kier alpha value is -0.590. The van der Waals surface area contributed by atoms with Gasteiger partial charge in [0.25, 0.3) is 0 Å². The van der Waals surface area contributed by atoms with Gasteiger partial charge in [0.1, 0.15) is 0 Å². The van der Waals surface area contributed by atoms with E-state index in [2.05, 4.69) is 20.8 Å². The van der Waals surface area contributed by atoms with Crippen molar-refractivity contribution < 1.29 is 4.79 Å². The van der Waals surface area contributed by atoms with Gasteiger partial charge in [-0.15, -0.1) is 0 Å². The van der Waals surface area contributed by atoms with Crippen LogP contribution in [-0.2, 0) is 4.79 Å². The summed E-state index contributed by atoms with van der Waals surface area (Å²) in [7, 11) is 0. The fraction of sp³-hybridized carbons (Fsp3) is 0.769. The van der Waals surface area contributed by atoms with Crippen LogP contribution in [0.15, 0.2) is 11.6 Å². The zero-order valence-corrected chi connectivity index (χ0v) is 9.47. The molecule has 0 radical (unpaired) electrons. The average Bonchev–Trinajstić information content (AvgIpc) is 2.00. The molecular weight excluding hydrogens is 172 g/mol. The molecule has 78 valence electrons. The summed E-state index contributed by atoms with van der Waals surface area (Å²) < 4.78 is 0. The van der Waals surface area contributed by atoms with E-state index in [-0.39, 0.29) is 0 Å². The Balaban J connectivity index is 2.18. The zero-order valence-electron chi connectivity index (χ0n) is 9.47. The molecule has 0 spiro atoms. The van der Waals surface area contributed by atoms with Crippen molar-refractivity contribution in [2.24, 2.45) is 17.3 Å². The highest BCUT2D eigenvalue weighted by Gasteiger charge is 2.39. The lowest BCUT2D eigenvalue weighted by Gasteiger charge is -2.41. The Morgan fingerprint density at radius 1 is 1.43 bits per heavy atom. The van der Waals surface area contributed by atoms with Crippen LogP contribution in [0.5, 0.6) is 0 Å². The molecule has 2 aliphatic rings. The first-order valence-corrected chi connectivity index (χ1v) is 5.69. The lowest BCUT2D eigenvalue weighted by Crippen LogP contribution is -2.36. The summed E-state index contributed by atoms with van der Waals surface area (Å²) in [5, 5.41) is 0. The van der Waals surface area contributed by atoms with E-state index >= 15 is 0 Å². The van der Waals surface area contributed by atoms with Gasteiger partial charge < -0.3 is 0 Å². The number of carbonyl (C=O) groups excluding carboxylic acids is 1. The van der Waals surface area contributed by atoms with Gasteiger partial charge in [-0.25, -0.2) is 0 Å². The Labute approximate surface area is 86.6 Å². The zero-order chi connectivity index (χ0) is 10.3. The molecule has 0 aromatic heterocycles. The number of hydrogen-bond acceptors (Lipinski definition) is 1. The lowest BCUT2D eigenvalue weighted by atomic mass is 9.63. The van der Waals surface area contributed by atoms with Crippen LogP contribution in [0.2, 0.25) is 0 Å². The predicted molar refractivity (Wildman–Crippen MR) is 58.0 cm³/mol. The number of carbonyl (C=O) groups is 1.